The molecule has 2 unspecified atom stereocenters. The van der Waals surface area contributed by atoms with Gasteiger partial charge in [0.05, 0.1) is 0 Å². The average Bonchev–Trinajstić information content (AvgIpc) is 2.93. The molecule has 0 aromatic carbocycles. The van der Waals surface area contributed by atoms with Crippen LogP contribution in [0.15, 0.2) is 0 Å². The summed E-state index contributed by atoms with van der Waals surface area (Å²) in [6, 6.07) is 0.650. The standard InChI is InChI=1S/C12H25N3O2/c1-8(10(7-13)15-9-5-6-9)14-11(16)17-12(2,3)4/h8-10,15H,5-7,13H2,1-4H3,(H,14,16). The van der Waals surface area contributed by atoms with Crippen molar-refractivity contribution in [1.82, 2.24) is 10.6 Å². The molecule has 4 N–H and O–H groups in total. The molecule has 0 spiro atoms. The second-order valence-corrected chi connectivity index (χ2v) is 5.72. The van der Waals surface area contributed by atoms with E-state index in [4.69, 9.17) is 10.5 Å². The Morgan fingerprint density at radius 3 is 2.47 bits per heavy atom. The van der Waals surface area contributed by atoms with Gasteiger partial charge in [-0.05, 0) is 40.5 Å². The lowest BCUT2D eigenvalue weighted by Crippen LogP contribution is -2.53. The quantitative estimate of drug-likeness (QED) is 0.672. The maximum atomic E-state index is 11.6. The summed E-state index contributed by atoms with van der Waals surface area (Å²) in [7, 11) is 0. The van der Waals surface area contributed by atoms with E-state index in [1.165, 1.54) is 12.8 Å². The fourth-order valence-corrected chi connectivity index (χ4v) is 1.56. The molecule has 100 valence electrons. The molecule has 1 rings (SSSR count). The molecule has 1 amide bonds. The van der Waals surface area contributed by atoms with Gasteiger partial charge in [-0.3, -0.25) is 0 Å². The summed E-state index contributed by atoms with van der Waals surface area (Å²) in [4.78, 5) is 11.6. The third-order valence-corrected chi connectivity index (χ3v) is 2.63. The zero-order valence-corrected chi connectivity index (χ0v) is 11.2. The minimum Gasteiger partial charge on any atom is -0.444 e. The molecule has 0 aromatic heterocycles. The maximum absolute atomic E-state index is 11.6. The highest BCUT2D eigenvalue weighted by Crippen LogP contribution is 2.19. The Bertz CT molecular complexity index is 259. The number of amides is 1. The number of hydrogen-bond acceptors (Lipinski definition) is 4. The molecule has 0 bridgehead atoms. The van der Waals surface area contributed by atoms with Crippen molar-refractivity contribution in [2.24, 2.45) is 5.73 Å². The van der Waals surface area contributed by atoms with Crippen molar-refractivity contribution in [3.8, 4) is 0 Å². The Labute approximate surface area is 103 Å². The number of carbonyl (C=O) groups excluding carboxylic acids is 1. The molecule has 0 heterocycles. The molecule has 1 saturated carbocycles. The van der Waals surface area contributed by atoms with Crippen molar-refractivity contribution in [2.75, 3.05) is 6.54 Å². The van der Waals surface area contributed by atoms with Crippen molar-refractivity contribution in [3.63, 3.8) is 0 Å². The van der Waals surface area contributed by atoms with Crippen LogP contribution in [0.25, 0.3) is 0 Å². The largest absolute Gasteiger partial charge is 0.444 e. The van der Waals surface area contributed by atoms with E-state index in [0.29, 0.717) is 12.6 Å². The summed E-state index contributed by atoms with van der Waals surface area (Å²) in [6.07, 6.45) is 2.02. The van der Waals surface area contributed by atoms with Gasteiger partial charge in [0.1, 0.15) is 5.60 Å². The SMILES string of the molecule is CC(NC(=O)OC(C)(C)C)C(CN)NC1CC1. The maximum Gasteiger partial charge on any atom is 0.407 e. The Hall–Kier alpha value is -0.810. The molecule has 17 heavy (non-hydrogen) atoms. The molecule has 5 nitrogen and oxygen atoms in total. The molecule has 2 atom stereocenters. The van der Waals surface area contributed by atoms with Crippen molar-refractivity contribution < 1.29 is 9.53 Å². The van der Waals surface area contributed by atoms with Crippen molar-refractivity contribution in [3.05, 3.63) is 0 Å². The molecule has 0 aromatic rings. The van der Waals surface area contributed by atoms with E-state index in [9.17, 15) is 4.79 Å². The molecule has 5 heteroatoms. The van der Waals surface area contributed by atoms with Crippen molar-refractivity contribution >= 4 is 6.09 Å². The van der Waals surface area contributed by atoms with Gasteiger partial charge in [-0.15, -0.1) is 0 Å². The highest BCUT2D eigenvalue weighted by Gasteiger charge is 2.28. The van der Waals surface area contributed by atoms with Gasteiger partial charge in [-0.25, -0.2) is 4.79 Å². The molecule has 1 fully saturated rings. The zero-order chi connectivity index (χ0) is 13.1. The number of rotatable bonds is 5. The second-order valence-electron chi connectivity index (χ2n) is 5.72. The van der Waals surface area contributed by atoms with Crippen molar-refractivity contribution in [1.29, 1.82) is 0 Å². The fraction of sp³-hybridized carbons (Fsp3) is 0.917. The van der Waals surface area contributed by atoms with Crippen LogP contribution in [0.4, 0.5) is 4.79 Å². The minimum absolute atomic E-state index is 0.0320. The molecular formula is C12H25N3O2. The van der Waals surface area contributed by atoms with Gasteiger partial charge in [0.15, 0.2) is 0 Å². The number of ether oxygens (including phenoxy) is 1. The third kappa shape index (κ3) is 5.89. The summed E-state index contributed by atoms with van der Waals surface area (Å²) < 4.78 is 5.20. The molecule has 0 saturated heterocycles. The summed E-state index contributed by atoms with van der Waals surface area (Å²) in [5.74, 6) is 0. The first-order chi connectivity index (χ1) is 7.81. The first-order valence-electron chi connectivity index (χ1n) is 6.27. The summed E-state index contributed by atoms with van der Waals surface area (Å²) in [5, 5.41) is 6.23. The Kier molecular flexibility index (Phi) is 4.77. The number of nitrogens with one attached hydrogen (secondary N) is 2. The predicted molar refractivity (Wildman–Crippen MR) is 67.8 cm³/mol. The lowest BCUT2D eigenvalue weighted by atomic mass is 10.1. The monoisotopic (exact) mass is 243 g/mol. The smallest absolute Gasteiger partial charge is 0.407 e. The Morgan fingerprint density at radius 2 is 2.06 bits per heavy atom. The normalized spacial score (nSPS) is 19.6. The highest BCUT2D eigenvalue weighted by atomic mass is 16.6. The molecular weight excluding hydrogens is 218 g/mol. The average molecular weight is 243 g/mol. The first-order valence-corrected chi connectivity index (χ1v) is 6.27. The van der Waals surface area contributed by atoms with Gasteiger partial charge in [-0.1, -0.05) is 0 Å². The van der Waals surface area contributed by atoms with E-state index in [1.807, 2.05) is 27.7 Å². The van der Waals surface area contributed by atoms with Crippen LogP contribution >= 0.6 is 0 Å². The summed E-state index contributed by atoms with van der Waals surface area (Å²) in [6.45, 7) is 7.99. The first kappa shape index (κ1) is 14.3. The number of alkyl carbamates (subject to hydrolysis) is 1. The van der Waals surface area contributed by atoms with Gasteiger partial charge >= 0.3 is 6.09 Å². The van der Waals surface area contributed by atoms with Crippen molar-refractivity contribution in [2.45, 2.75) is 64.3 Å². The van der Waals surface area contributed by atoms with E-state index >= 15 is 0 Å². The van der Waals surface area contributed by atoms with E-state index in [-0.39, 0.29) is 18.2 Å². The lowest BCUT2D eigenvalue weighted by Gasteiger charge is -2.27. The van der Waals surface area contributed by atoms with Crippen LogP contribution in [0.2, 0.25) is 0 Å². The topological polar surface area (TPSA) is 76.4 Å². The lowest BCUT2D eigenvalue weighted by molar-refractivity contribution is 0.0498. The molecule has 1 aliphatic carbocycles. The highest BCUT2D eigenvalue weighted by molar-refractivity contribution is 5.68. The van der Waals surface area contributed by atoms with Crippen LogP contribution in [-0.4, -0.2) is 36.4 Å². The Morgan fingerprint density at radius 1 is 1.47 bits per heavy atom. The van der Waals surface area contributed by atoms with Gasteiger partial charge in [0.2, 0.25) is 0 Å². The van der Waals surface area contributed by atoms with Crippen LogP contribution < -0.4 is 16.4 Å². The number of carbonyl (C=O) groups is 1. The number of nitrogens with two attached hydrogens (primary N) is 1. The summed E-state index contributed by atoms with van der Waals surface area (Å²) >= 11 is 0. The molecule has 1 aliphatic rings. The minimum atomic E-state index is -0.466. The fourth-order valence-electron chi connectivity index (χ4n) is 1.56. The van der Waals surface area contributed by atoms with Crippen LogP contribution in [0.3, 0.4) is 0 Å². The van der Waals surface area contributed by atoms with Crippen LogP contribution in [0.1, 0.15) is 40.5 Å². The van der Waals surface area contributed by atoms with E-state index in [0.717, 1.165) is 0 Å². The third-order valence-electron chi connectivity index (χ3n) is 2.63. The predicted octanol–water partition coefficient (Wildman–Crippen LogP) is 0.979. The van der Waals surface area contributed by atoms with Crippen LogP contribution in [0, 0.1) is 0 Å². The van der Waals surface area contributed by atoms with Crippen LogP contribution in [-0.2, 0) is 4.74 Å². The van der Waals surface area contributed by atoms with E-state index in [2.05, 4.69) is 10.6 Å². The van der Waals surface area contributed by atoms with Gasteiger partial charge in [0.25, 0.3) is 0 Å². The van der Waals surface area contributed by atoms with Gasteiger partial charge < -0.3 is 21.1 Å². The molecule has 0 aliphatic heterocycles. The second kappa shape index (κ2) is 5.69. The molecule has 0 radical (unpaired) electrons. The summed E-state index contributed by atoms with van der Waals surface area (Å²) in [5.41, 5.74) is 5.23. The zero-order valence-electron chi connectivity index (χ0n) is 11.2. The van der Waals surface area contributed by atoms with E-state index < -0.39 is 5.60 Å². The van der Waals surface area contributed by atoms with E-state index in [1.54, 1.807) is 0 Å². The van der Waals surface area contributed by atoms with Gasteiger partial charge in [0, 0.05) is 24.7 Å². The van der Waals surface area contributed by atoms with Crippen LogP contribution in [0.5, 0.6) is 0 Å². The Balaban J connectivity index is 2.34. The number of hydrogen-bond donors (Lipinski definition) is 3. The van der Waals surface area contributed by atoms with Gasteiger partial charge in [-0.2, -0.15) is 0 Å².